The Kier molecular flexibility index (Phi) is 5.48. The summed E-state index contributed by atoms with van der Waals surface area (Å²) in [5.74, 6) is 0.483. The summed E-state index contributed by atoms with van der Waals surface area (Å²) in [6, 6.07) is 0. The normalized spacial score (nSPS) is 14.3. The molecule has 134 valence electrons. The highest BCUT2D eigenvalue weighted by Crippen LogP contribution is 2.27. The number of amides is 2. The summed E-state index contributed by atoms with van der Waals surface area (Å²) < 4.78 is 12.0. The number of rotatable bonds is 4. The van der Waals surface area contributed by atoms with Crippen LogP contribution >= 0.6 is 0 Å². The quantitative estimate of drug-likeness (QED) is 0.903. The fourth-order valence-electron chi connectivity index (χ4n) is 2.53. The molecule has 2 heterocycles. The predicted molar refractivity (Wildman–Crippen MR) is 88.7 cm³/mol. The summed E-state index contributed by atoms with van der Waals surface area (Å²) in [7, 11) is 3.33. The molecule has 8 nitrogen and oxygen atoms in total. The molecule has 0 unspecified atom stereocenters. The van der Waals surface area contributed by atoms with Crippen molar-refractivity contribution in [3.05, 3.63) is 11.3 Å². The third-order valence-corrected chi connectivity index (χ3v) is 3.64. The molecule has 1 aliphatic rings. The third-order valence-electron chi connectivity index (χ3n) is 3.64. The van der Waals surface area contributed by atoms with Crippen LogP contribution in [0.4, 0.5) is 10.6 Å². The van der Waals surface area contributed by atoms with Crippen LogP contribution in [0, 0.1) is 0 Å². The Morgan fingerprint density at radius 2 is 2.04 bits per heavy atom. The lowest BCUT2D eigenvalue weighted by Gasteiger charge is -2.29. The first-order valence-electron chi connectivity index (χ1n) is 8.02. The second-order valence-electron chi connectivity index (χ2n) is 6.84. The molecular weight excluding hydrogens is 312 g/mol. The van der Waals surface area contributed by atoms with Gasteiger partial charge in [-0.15, -0.1) is 0 Å². The summed E-state index contributed by atoms with van der Waals surface area (Å²) in [5, 5.41) is 7.31. The summed E-state index contributed by atoms with van der Waals surface area (Å²) >= 11 is 0. The molecule has 2 amide bonds. The molecule has 0 atom stereocenters. The molecule has 2 rings (SSSR count). The monoisotopic (exact) mass is 338 g/mol. The fraction of sp³-hybridized carbons (Fsp3) is 0.688. The SMILES string of the molecule is COCCC(=O)Nc1c2c(nn1C)CCN(C(=O)OC(C)(C)C)C2. The van der Waals surface area contributed by atoms with Crippen molar-refractivity contribution in [1.82, 2.24) is 14.7 Å². The van der Waals surface area contributed by atoms with Crippen molar-refractivity contribution in [2.24, 2.45) is 7.05 Å². The summed E-state index contributed by atoms with van der Waals surface area (Å²) in [4.78, 5) is 25.9. The van der Waals surface area contributed by atoms with Crippen LogP contribution in [-0.4, -0.2) is 52.5 Å². The van der Waals surface area contributed by atoms with E-state index in [1.165, 1.54) is 0 Å². The Morgan fingerprint density at radius 1 is 1.33 bits per heavy atom. The van der Waals surface area contributed by atoms with Crippen LogP contribution in [0.2, 0.25) is 0 Å². The van der Waals surface area contributed by atoms with Gasteiger partial charge in [0.15, 0.2) is 0 Å². The van der Waals surface area contributed by atoms with Crippen molar-refractivity contribution in [3.63, 3.8) is 0 Å². The molecule has 0 radical (unpaired) electrons. The molecule has 0 bridgehead atoms. The van der Waals surface area contributed by atoms with Crippen LogP contribution in [0.1, 0.15) is 38.4 Å². The van der Waals surface area contributed by atoms with Crippen molar-refractivity contribution in [2.45, 2.75) is 45.8 Å². The van der Waals surface area contributed by atoms with E-state index >= 15 is 0 Å². The Labute approximate surface area is 142 Å². The first kappa shape index (κ1) is 18.3. The highest BCUT2D eigenvalue weighted by atomic mass is 16.6. The van der Waals surface area contributed by atoms with Crippen molar-refractivity contribution in [1.29, 1.82) is 0 Å². The minimum atomic E-state index is -0.538. The van der Waals surface area contributed by atoms with E-state index in [0.717, 1.165) is 11.3 Å². The van der Waals surface area contributed by atoms with Gasteiger partial charge in [0.2, 0.25) is 5.91 Å². The standard InChI is InChI=1S/C16H26N4O4/c1-16(2,3)24-15(22)20-8-6-12-11(10-20)14(19(4)18-12)17-13(21)7-9-23-5/h6-10H2,1-5H3,(H,17,21). The topological polar surface area (TPSA) is 85.7 Å². The lowest BCUT2D eigenvalue weighted by atomic mass is 10.1. The van der Waals surface area contributed by atoms with Crippen LogP contribution in [0.25, 0.3) is 0 Å². The molecule has 8 heteroatoms. The second kappa shape index (κ2) is 7.21. The number of anilines is 1. The largest absolute Gasteiger partial charge is 0.444 e. The minimum Gasteiger partial charge on any atom is -0.444 e. The average molecular weight is 338 g/mol. The molecule has 0 spiro atoms. The van der Waals surface area contributed by atoms with Gasteiger partial charge in [0.05, 0.1) is 25.3 Å². The molecular formula is C16H26N4O4. The zero-order chi connectivity index (χ0) is 17.9. The van der Waals surface area contributed by atoms with Gasteiger partial charge >= 0.3 is 6.09 Å². The molecule has 0 saturated carbocycles. The van der Waals surface area contributed by atoms with E-state index in [1.807, 2.05) is 20.8 Å². The molecule has 0 fully saturated rings. The molecule has 1 N–H and O–H groups in total. The van der Waals surface area contributed by atoms with Crippen molar-refractivity contribution < 1.29 is 19.1 Å². The number of hydrogen-bond donors (Lipinski definition) is 1. The van der Waals surface area contributed by atoms with E-state index in [0.29, 0.717) is 31.9 Å². The lowest BCUT2D eigenvalue weighted by molar-refractivity contribution is -0.117. The van der Waals surface area contributed by atoms with E-state index in [-0.39, 0.29) is 18.4 Å². The zero-order valence-electron chi connectivity index (χ0n) is 15.0. The number of hydrogen-bond acceptors (Lipinski definition) is 5. The first-order valence-corrected chi connectivity index (χ1v) is 8.02. The smallest absolute Gasteiger partial charge is 0.410 e. The fourth-order valence-corrected chi connectivity index (χ4v) is 2.53. The molecule has 0 aromatic carbocycles. The van der Waals surface area contributed by atoms with Crippen molar-refractivity contribution in [3.8, 4) is 0 Å². The molecule has 0 aliphatic carbocycles. The van der Waals surface area contributed by atoms with Gasteiger partial charge in [0, 0.05) is 32.7 Å². The Balaban J connectivity index is 2.12. The van der Waals surface area contributed by atoms with Gasteiger partial charge < -0.3 is 19.7 Å². The van der Waals surface area contributed by atoms with E-state index in [4.69, 9.17) is 9.47 Å². The van der Waals surface area contributed by atoms with Crippen LogP contribution in [0.5, 0.6) is 0 Å². The summed E-state index contributed by atoms with van der Waals surface area (Å²) in [6.45, 7) is 6.80. The van der Waals surface area contributed by atoms with Gasteiger partial charge in [-0.2, -0.15) is 5.10 Å². The Morgan fingerprint density at radius 3 is 2.67 bits per heavy atom. The molecule has 1 aliphatic heterocycles. The van der Waals surface area contributed by atoms with Crippen LogP contribution in [0.3, 0.4) is 0 Å². The highest BCUT2D eigenvalue weighted by molar-refractivity contribution is 5.91. The number of methoxy groups -OCH3 is 1. The maximum atomic E-state index is 12.3. The maximum absolute atomic E-state index is 12.3. The van der Waals surface area contributed by atoms with E-state index in [9.17, 15) is 9.59 Å². The highest BCUT2D eigenvalue weighted by Gasteiger charge is 2.30. The number of fused-ring (bicyclic) bond motifs is 1. The first-order chi connectivity index (χ1) is 11.2. The molecule has 24 heavy (non-hydrogen) atoms. The number of ether oxygens (including phenoxy) is 2. The number of aryl methyl sites for hydroxylation is 1. The number of carbonyl (C=O) groups excluding carboxylic acids is 2. The van der Waals surface area contributed by atoms with Gasteiger partial charge in [-0.1, -0.05) is 0 Å². The summed E-state index contributed by atoms with van der Waals surface area (Å²) in [6.07, 6.45) is 0.552. The van der Waals surface area contributed by atoms with E-state index in [1.54, 1.807) is 23.7 Å². The van der Waals surface area contributed by atoms with Gasteiger partial charge in [-0.25, -0.2) is 4.79 Å². The summed E-state index contributed by atoms with van der Waals surface area (Å²) in [5.41, 5.74) is 1.23. The molecule has 1 aromatic rings. The Bertz CT molecular complexity index is 618. The minimum absolute atomic E-state index is 0.142. The van der Waals surface area contributed by atoms with E-state index in [2.05, 4.69) is 10.4 Å². The number of aromatic nitrogens is 2. The number of carbonyl (C=O) groups is 2. The average Bonchev–Trinajstić information content (AvgIpc) is 2.78. The number of nitrogens with zero attached hydrogens (tertiary/aromatic N) is 3. The zero-order valence-corrected chi connectivity index (χ0v) is 15.0. The third kappa shape index (κ3) is 4.47. The van der Waals surface area contributed by atoms with Crippen LogP contribution < -0.4 is 5.32 Å². The van der Waals surface area contributed by atoms with Crippen molar-refractivity contribution in [2.75, 3.05) is 25.6 Å². The van der Waals surface area contributed by atoms with Crippen LogP contribution in [0.15, 0.2) is 0 Å². The van der Waals surface area contributed by atoms with Gasteiger partial charge in [-0.3, -0.25) is 9.48 Å². The molecule has 1 aromatic heterocycles. The maximum Gasteiger partial charge on any atom is 0.410 e. The Hall–Kier alpha value is -2.09. The van der Waals surface area contributed by atoms with Gasteiger partial charge in [0.1, 0.15) is 11.4 Å². The van der Waals surface area contributed by atoms with E-state index < -0.39 is 5.60 Å². The van der Waals surface area contributed by atoms with Gasteiger partial charge in [0.25, 0.3) is 0 Å². The predicted octanol–water partition coefficient (Wildman–Crippen LogP) is 1.69. The lowest BCUT2D eigenvalue weighted by Crippen LogP contribution is -2.40. The van der Waals surface area contributed by atoms with Crippen LogP contribution in [-0.2, 0) is 34.3 Å². The van der Waals surface area contributed by atoms with Gasteiger partial charge in [-0.05, 0) is 20.8 Å². The van der Waals surface area contributed by atoms with Crippen molar-refractivity contribution >= 4 is 17.8 Å². The second-order valence-corrected chi connectivity index (χ2v) is 6.84. The molecule has 0 saturated heterocycles. The number of nitrogens with one attached hydrogen (secondary N) is 1.